The van der Waals surface area contributed by atoms with Crippen LogP contribution in [0, 0.1) is 0 Å². The maximum Gasteiger partial charge on any atom is 0.306 e. The molecule has 0 saturated heterocycles. The van der Waals surface area contributed by atoms with E-state index in [4.69, 9.17) is 14.2 Å². The SMILES string of the molecule is CC/C=C\C/C=C\C/C=C\CCCCCC(=O)OCC(COC(=O)CCCCCCCCCCCCCCCCCCCCCCCCCCCCC)OC(=O)CCCCCCCCC/C=C\C/C=C\CCCCC. The lowest BCUT2D eigenvalue weighted by atomic mass is 10.0. The Bertz CT molecular complexity index is 1340. The molecular formula is C69H124O6. The van der Waals surface area contributed by atoms with Crippen molar-refractivity contribution in [3.63, 3.8) is 0 Å². The molecule has 0 aromatic rings. The lowest BCUT2D eigenvalue weighted by Crippen LogP contribution is -2.30. The Kier molecular flexibility index (Phi) is 61.2. The second kappa shape index (κ2) is 63.6. The third kappa shape index (κ3) is 61.8. The van der Waals surface area contributed by atoms with E-state index in [1.54, 1.807) is 0 Å². The number of carbonyl (C=O) groups excluding carboxylic acids is 3. The van der Waals surface area contributed by atoms with E-state index < -0.39 is 6.10 Å². The summed E-state index contributed by atoms with van der Waals surface area (Å²) in [4.78, 5) is 38.3. The van der Waals surface area contributed by atoms with E-state index in [2.05, 4.69) is 81.5 Å². The van der Waals surface area contributed by atoms with Gasteiger partial charge in [0.15, 0.2) is 6.10 Å². The quantitative estimate of drug-likeness (QED) is 0.0261. The largest absolute Gasteiger partial charge is 0.462 e. The maximum absolute atomic E-state index is 12.9. The fourth-order valence-electron chi connectivity index (χ4n) is 9.61. The lowest BCUT2D eigenvalue weighted by Gasteiger charge is -2.18. The van der Waals surface area contributed by atoms with Crippen LogP contribution in [0.3, 0.4) is 0 Å². The number of rotatable bonds is 60. The minimum Gasteiger partial charge on any atom is -0.462 e. The molecule has 0 N–H and O–H groups in total. The van der Waals surface area contributed by atoms with E-state index in [1.165, 1.54) is 205 Å². The van der Waals surface area contributed by atoms with E-state index >= 15 is 0 Å². The van der Waals surface area contributed by atoms with E-state index in [9.17, 15) is 14.4 Å². The maximum atomic E-state index is 12.9. The summed E-state index contributed by atoms with van der Waals surface area (Å²) in [5.41, 5.74) is 0. The highest BCUT2D eigenvalue weighted by Gasteiger charge is 2.19. The molecule has 0 saturated carbocycles. The monoisotopic (exact) mass is 1050 g/mol. The van der Waals surface area contributed by atoms with Crippen LogP contribution in [-0.4, -0.2) is 37.2 Å². The van der Waals surface area contributed by atoms with Crippen LogP contribution in [0.15, 0.2) is 60.8 Å². The van der Waals surface area contributed by atoms with Crippen LogP contribution in [0.5, 0.6) is 0 Å². The number of hydrogen-bond acceptors (Lipinski definition) is 6. The predicted molar refractivity (Wildman–Crippen MR) is 325 cm³/mol. The average molecular weight is 1050 g/mol. The van der Waals surface area contributed by atoms with Gasteiger partial charge in [-0.3, -0.25) is 14.4 Å². The number of hydrogen-bond donors (Lipinski definition) is 0. The minimum absolute atomic E-state index is 0.0841. The third-order valence-electron chi connectivity index (χ3n) is 14.5. The van der Waals surface area contributed by atoms with Gasteiger partial charge in [0.2, 0.25) is 0 Å². The number of esters is 3. The van der Waals surface area contributed by atoms with Gasteiger partial charge in [0, 0.05) is 19.3 Å². The van der Waals surface area contributed by atoms with Crippen molar-refractivity contribution in [2.45, 2.75) is 348 Å². The molecule has 0 aliphatic heterocycles. The lowest BCUT2D eigenvalue weighted by molar-refractivity contribution is -0.167. The Morgan fingerprint density at radius 3 is 0.853 bits per heavy atom. The van der Waals surface area contributed by atoms with E-state index in [-0.39, 0.29) is 31.1 Å². The molecule has 1 unspecified atom stereocenters. The molecule has 6 heteroatoms. The first-order chi connectivity index (χ1) is 37.0. The molecule has 0 rings (SSSR count). The van der Waals surface area contributed by atoms with Gasteiger partial charge in [-0.15, -0.1) is 0 Å². The van der Waals surface area contributed by atoms with Crippen molar-refractivity contribution in [3.8, 4) is 0 Å². The van der Waals surface area contributed by atoms with Gasteiger partial charge in [0.05, 0.1) is 0 Å². The van der Waals surface area contributed by atoms with Crippen molar-refractivity contribution in [3.05, 3.63) is 60.8 Å². The molecule has 0 bridgehead atoms. The van der Waals surface area contributed by atoms with Crippen LogP contribution < -0.4 is 0 Å². The van der Waals surface area contributed by atoms with Crippen molar-refractivity contribution >= 4 is 17.9 Å². The molecular weight excluding hydrogens is 925 g/mol. The topological polar surface area (TPSA) is 78.9 Å². The first-order valence-corrected chi connectivity index (χ1v) is 32.8. The standard InChI is InChI=1S/C69H124O6/c1-4-7-10-13-16-19-22-25-27-29-30-31-32-33-34-35-36-37-38-40-41-44-47-50-53-56-59-62-68(71)74-65-66(64-73-67(70)61-58-55-52-49-46-43-24-21-18-15-12-9-6-3)75-69(72)63-60-57-54-51-48-45-42-39-28-26-23-20-17-14-11-8-5-2/h9,12,17-18,20-21,26,28,43,46,66H,4-8,10-11,13-16,19,22-25,27,29-42,44-45,47-65H2,1-3H3/b12-9-,20-17-,21-18-,28-26-,46-43-. The molecule has 0 aromatic heterocycles. The summed E-state index contributed by atoms with van der Waals surface area (Å²) in [7, 11) is 0. The highest BCUT2D eigenvalue weighted by atomic mass is 16.6. The van der Waals surface area contributed by atoms with E-state index in [0.717, 1.165) is 96.3 Å². The Morgan fingerprint density at radius 2 is 0.520 bits per heavy atom. The average Bonchev–Trinajstić information content (AvgIpc) is 3.41. The van der Waals surface area contributed by atoms with Crippen molar-refractivity contribution in [1.29, 1.82) is 0 Å². The van der Waals surface area contributed by atoms with Crippen LogP contribution >= 0.6 is 0 Å². The van der Waals surface area contributed by atoms with Crippen LogP contribution in [0.25, 0.3) is 0 Å². The van der Waals surface area contributed by atoms with Gasteiger partial charge in [0.1, 0.15) is 13.2 Å². The summed E-state index contributed by atoms with van der Waals surface area (Å²) < 4.78 is 16.9. The van der Waals surface area contributed by atoms with Gasteiger partial charge in [-0.1, -0.05) is 300 Å². The van der Waals surface area contributed by atoms with Gasteiger partial charge in [-0.05, 0) is 83.5 Å². The summed E-state index contributed by atoms with van der Waals surface area (Å²) >= 11 is 0. The van der Waals surface area contributed by atoms with Crippen LogP contribution in [0.1, 0.15) is 342 Å². The first kappa shape index (κ1) is 72.1. The van der Waals surface area contributed by atoms with E-state index in [0.29, 0.717) is 19.3 Å². The zero-order chi connectivity index (χ0) is 54.3. The van der Waals surface area contributed by atoms with Gasteiger partial charge in [-0.25, -0.2) is 0 Å². The fourth-order valence-corrected chi connectivity index (χ4v) is 9.61. The number of ether oxygens (including phenoxy) is 3. The highest BCUT2D eigenvalue weighted by molar-refractivity contribution is 5.71. The summed E-state index contributed by atoms with van der Waals surface area (Å²) in [6.07, 6.45) is 81.1. The Labute approximate surface area is 466 Å². The summed E-state index contributed by atoms with van der Waals surface area (Å²) in [6, 6.07) is 0. The first-order valence-electron chi connectivity index (χ1n) is 32.8. The summed E-state index contributed by atoms with van der Waals surface area (Å²) in [5, 5.41) is 0. The van der Waals surface area contributed by atoms with Crippen LogP contribution in [-0.2, 0) is 28.6 Å². The molecule has 0 aliphatic rings. The molecule has 75 heavy (non-hydrogen) atoms. The van der Waals surface area contributed by atoms with Crippen molar-refractivity contribution < 1.29 is 28.6 Å². The molecule has 1 atom stereocenters. The molecule has 0 radical (unpaired) electrons. The summed E-state index contributed by atoms with van der Waals surface area (Å²) in [6.45, 7) is 6.52. The number of allylic oxidation sites excluding steroid dienone is 10. The van der Waals surface area contributed by atoms with E-state index in [1.807, 2.05) is 0 Å². The number of unbranched alkanes of at least 4 members (excludes halogenated alkanes) is 39. The molecule has 0 spiro atoms. The Hall–Kier alpha value is -2.89. The molecule has 0 amide bonds. The Morgan fingerprint density at radius 1 is 0.280 bits per heavy atom. The molecule has 6 nitrogen and oxygen atoms in total. The Balaban J connectivity index is 4.23. The third-order valence-corrected chi connectivity index (χ3v) is 14.5. The molecule has 0 heterocycles. The van der Waals surface area contributed by atoms with Crippen molar-refractivity contribution in [1.82, 2.24) is 0 Å². The molecule has 0 fully saturated rings. The van der Waals surface area contributed by atoms with Gasteiger partial charge in [-0.2, -0.15) is 0 Å². The predicted octanol–water partition coefficient (Wildman–Crippen LogP) is 22.3. The minimum atomic E-state index is -0.790. The van der Waals surface area contributed by atoms with Gasteiger partial charge in [0.25, 0.3) is 0 Å². The molecule has 436 valence electrons. The van der Waals surface area contributed by atoms with Crippen molar-refractivity contribution in [2.75, 3.05) is 13.2 Å². The zero-order valence-electron chi connectivity index (χ0n) is 50.1. The highest BCUT2D eigenvalue weighted by Crippen LogP contribution is 2.18. The second-order valence-corrected chi connectivity index (χ2v) is 22.0. The number of carbonyl (C=O) groups is 3. The van der Waals surface area contributed by atoms with Crippen LogP contribution in [0.4, 0.5) is 0 Å². The van der Waals surface area contributed by atoms with Crippen molar-refractivity contribution in [2.24, 2.45) is 0 Å². The normalized spacial score (nSPS) is 12.4. The zero-order valence-corrected chi connectivity index (χ0v) is 50.1. The molecule has 0 aromatic carbocycles. The summed E-state index contributed by atoms with van der Waals surface area (Å²) in [5.74, 6) is -0.906. The fraction of sp³-hybridized carbons (Fsp3) is 0.812. The van der Waals surface area contributed by atoms with Gasteiger partial charge < -0.3 is 14.2 Å². The smallest absolute Gasteiger partial charge is 0.306 e. The molecule has 0 aliphatic carbocycles. The van der Waals surface area contributed by atoms with Crippen LogP contribution in [0.2, 0.25) is 0 Å². The second-order valence-electron chi connectivity index (χ2n) is 22.0. The van der Waals surface area contributed by atoms with Gasteiger partial charge >= 0.3 is 17.9 Å².